The third kappa shape index (κ3) is 3.45. The van der Waals surface area contributed by atoms with Crippen LogP contribution in [0.2, 0.25) is 0 Å². The van der Waals surface area contributed by atoms with Crippen molar-refractivity contribution in [1.82, 2.24) is 4.90 Å². The summed E-state index contributed by atoms with van der Waals surface area (Å²) >= 11 is 6.53. The molecule has 2 aromatic carbocycles. The first kappa shape index (κ1) is 21.5. The number of anilines is 2. The van der Waals surface area contributed by atoms with Crippen LogP contribution in [-0.4, -0.2) is 47.6 Å². The molecule has 0 radical (unpaired) electrons. The highest BCUT2D eigenvalue weighted by molar-refractivity contribution is 8.26. The fourth-order valence-electron chi connectivity index (χ4n) is 5.32. The van der Waals surface area contributed by atoms with E-state index >= 15 is 0 Å². The van der Waals surface area contributed by atoms with Gasteiger partial charge in [0.05, 0.1) is 12.0 Å². The monoisotopic (exact) mass is 494 g/mol. The molecule has 1 saturated carbocycles. The van der Waals surface area contributed by atoms with Crippen molar-refractivity contribution in [3.8, 4) is 11.5 Å². The minimum absolute atomic E-state index is 0.170. The molecular weight excluding hydrogens is 472 g/mol. The molecule has 7 nitrogen and oxygen atoms in total. The summed E-state index contributed by atoms with van der Waals surface area (Å²) in [5.41, 5.74) is 4.56. The number of ether oxygens (including phenoxy) is 3. The number of benzene rings is 2. The van der Waals surface area contributed by atoms with Gasteiger partial charge in [-0.1, -0.05) is 36.5 Å². The summed E-state index contributed by atoms with van der Waals surface area (Å²) in [5.74, 6) is 1.26. The molecule has 1 amide bonds. The Morgan fingerprint density at radius 3 is 2.91 bits per heavy atom. The Morgan fingerprint density at radius 2 is 2.06 bits per heavy atom. The highest BCUT2D eigenvalue weighted by atomic mass is 32.2. The molecule has 2 atom stereocenters. The molecule has 0 bridgehead atoms. The summed E-state index contributed by atoms with van der Waals surface area (Å²) in [7, 11) is 1.30. The smallest absolute Gasteiger partial charge is 0.325 e. The fourth-order valence-corrected chi connectivity index (χ4v) is 6.57. The van der Waals surface area contributed by atoms with Gasteiger partial charge in [0.1, 0.15) is 10.9 Å². The zero-order valence-corrected chi connectivity index (χ0v) is 20.1. The summed E-state index contributed by atoms with van der Waals surface area (Å²) in [6, 6.07) is 12.9. The molecule has 0 spiro atoms. The van der Waals surface area contributed by atoms with Crippen LogP contribution in [-0.2, 0) is 14.3 Å². The van der Waals surface area contributed by atoms with E-state index in [1.54, 1.807) is 0 Å². The Morgan fingerprint density at radius 1 is 1.21 bits per heavy atom. The number of hydrogen-bond acceptors (Lipinski definition) is 8. The SMILES string of the molecule is COC(=O)CN1C(=O)C(=Cc2ccc3c(c2)C2CCCC2N3c2ccc3c(c2)OCO3)SC1=S. The third-order valence-corrected chi connectivity index (χ3v) is 8.22. The van der Waals surface area contributed by atoms with Crippen molar-refractivity contribution < 1.29 is 23.8 Å². The lowest BCUT2D eigenvalue weighted by Gasteiger charge is -2.27. The van der Waals surface area contributed by atoms with Crippen LogP contribution >= 0.6 is 24.0 Å². The van der Waals surface area contributed by atoms with Gasteiger partial charge in [0, 0.05) is 29.4 Å². The van der Waals surface area contributed by atoms with Gasteiger partial charge < -0.3 is 19.1 Å². The van der Waals surface area contributed by atoms with E-state index in [2.05, 4.69) is 33.9 Å². The fraction of sp³-hybridized carbons (Fsp3) is 0.320. The lowest BCUT2D eigenvalue weighted by atomic mass is 9.96. The standard InChI is InChI=1S/C25H22N2O5S2/c1-30-23(28)12-26-24(29)22(34-25(26)33)10-14-5-7-19-17(9-14)16-3-2-4-18(16)27(19)15-6-8-20-21(11-15)32-13-31-20/h5-11,16,18H,2-4,12-13H2,1H3. The van der Waals surface area contributed by atoms with Gasteiger partial charge in [-0.25, -0.2) is 0 Å². The van der Waals surface area contributed by atoms with Crippen LogP contribution in [0.1, 0.15) is 36.3 Å². The number of fused-ring (bicyclic) bond motifs is 4. The van der Waals surface area contributed by atoms with E-state index in [-0.39, 0.29) is 19.2 Å². The van der Waals surface area contributed by atoms with Gasteiger partial charge in [-0.15, -0.1) is 0 Å². The molecule has 2 fully saturated rings. The van der Waals surface area contributed by atoms with E-state index in [9.17, 15) is 9.59 Å². The number of rotatable bonds is 4. The highest BCUT2D eigenvalue weighted by Crippen LogP contribution is 2.53. The van der Waals surface area contributed by atoms with Crippen molar-refractivity contribution in [3.63, 3.8) is 0 Å². The number of carbonyl (C=O) groups excluding carboxylic acids is 2. The van der Waals surface area contributed by atoms with E-state index in [1.165, 1.54) is 41.4 Å². The van der Waals surface area contributed by atoms with Crippen LogP contribution in [0.25, 0.3) is 6.08 Å². The lowest BCUT2D eigenvalue weighted by molar-refractivity contribution is -0.143. The predicted molar refractivity (Wildman–Crippen MR) is 133 cm³/mol. The van der Waals surface area contributed by atoms with Gasteiger partial charge in [-0.3, -0.25) is 14.5 Å². The molecule has 9 heteroatoms. The van der Waals surface area contributed by atoms with E-state index in [4.69, 9.17) is 21.7 Å². The molecule has 1 aliphatic carbocycles. The van der Waals surface area contributed by atoms with Gasteiger partial charge in [0.2, 0.25) is 6.79 Å². The molecule has 0 aromatic heterocycles. The third-order valence-electron chi connectivity index (χ3n) is 6.84. The first-order valence-electron chi connectivity index (χ1n) is 11.2. The maximum atomic E-state index is 12.8. The molecule has 2 unspecified atom stereocenters. The molecular formula is C25H22N2O5S2. The number of methoxy groups -OCH3 is 1. The number of amides is 1. The summed E-state index contributed by atoms with van der Waals surface area (Å²) in [4.78, 5) is 28.7. The normalized spacial score (nSPS) is 23.6. The minimum Gasteiger partial charge on any atom is -0.468 e. The Labute approximate surface area is 206 Å². The van der Waals surface area contributed by atoms with Crippen molar-refractivity contribution in [1.29, 1.82) is 0 Å². The topological polar surface area (TPSA) is 68.3 Å². The molecule has 1 saturated heterocycles. The highest BCUT2D eigenvalue weighted by Gasteiger charge is 2.42. The zero-order chi connectivity index (χ0) is 23.4. The average Bonchev–Trinajstić information content (AvgIpc) is 3.60. The molecule has 0 N–H and O–H groups in total. The average molecular weight is 495 g/mol. The quantitative estimate of drug-likeness (QED) is 0.348. The zero-order valence-electron chi connectivity index (χ0n) is 18.5. The maximum absolute atomic E-state index is 12.8. The van der Waals surface area contributed by atoms with Crippen LogP contribution in [0.3, 0.4) is 0 Å². The maximum Gasteiger partial charge on any atom is 0.325 e. The van der Waals surface area contributed by atoms with Gasteiger partial charge in [-0.05, 0) is 54.3 Å². The molecule has 34 heavy (non-hydrogen) atoms. The van der Waals surface area contributed by atoms with Crippen LogP contribution in [0.5, 0.6) is 11.5 Å². The molecule has 3 heterocycles. The Balaban J connectivity index is 1.32. The molecule has 2 aromatic rings. The van der Waals surface area contributed by atoms with Crippen LogP contribution in [0, 0.1) is 0 Å². The summed E-state index contributed by atoms with van der Waals surface area (Å²) < 4.78 is 16.2. The van der Waals surface area contributed by atoms with E-state index in [0.29, 0.717) is 21.2 Å². The summed E-state index contributed by atoms with van der Waals surface area (Å²) in [5, 5.41) is 0. The van der Waals surface area contributed by atoms with Crippen molar-refractivity contribution in [2.75, 3.05) is 25.3 Å². The second kappa shape index (κ2) is 8.32. The number of nitrogens with zero attached hydrogens (tertiary/aromatic N) is 2. The largest absolute Gasteiger partial charge is 0.468 e. The number of thioether (sulfide) groups is 1. The second-order valence-electron chi connectivity index (χ2n) is 8.67. The van der Waals surface area contributed by atoms with E-state index in [1.807, 2.05) is 18.2 Å². The van der Waals surface area contributed by atoms with E-state index in [0.717, 1.165) is 35.6 Å². The predicted octanol–water partition coefficient (Wildman–Crippen LogP) is 4.58. The van der Waals surface area contributed by atoms with E-state index < -0.39 is 5.97 Å². The first-order chi connectivity index (χ1) is 16.5. The molecule has 6 rings (SSSR count). The molecule has 4 aliphatic rings. The second-order valence-corrected chi connectivity index (χ2v) is 10.4. The minimum atomic E-state index is -0.494. The van der Waals surface area contributed by atoms with Crippen molar-refractivity contribution in [3.05, 3.63) is 52.4 Å². The Bertz CT molecular complexity index is 1260. The summed E-state index contributed by atoms with van der Waals surface area (Å²) in [6.07, 6.45) is 5.33. The molecule has 3 aliphatic heterocycles. The first-order valence-corrected chi connectivity index (χ1v) is 12.4. The number of thiocarbonyl (C=S) groups is 1. The number of esters is 1. The van der Waals surface area contributed by atoms with Crippen LogP contribution in [0.15, 0.2) is 41.3 Å². The van der Waals surface area contributed by atoms with Gasteiger partial charge in [0.25, 0.3) is 5.91 Å². The number of carbonyl (C=O) groups is 2. The van der Waals surface area contributed by atoms with Gasteiger partial charge in [-0.2, -0.15) is 0 Å². The van der Waals surface area contributed by atoms with Gasteiger partial charge in [0.15, 0.2) is 11.5 Å². The van der Waals surface area contributed by atoms with Crippen molar-refractivity contribution >= 4 is 57.6 Å². The van der Waals surface area contributed by atoms with Crippen LogP contribution in [0.4, 0.5) is 11.4 Å². The molecule has 174 valence electrons. The summed E-state index contributed by atoms with van der Waals surface area (Å²) in [6.45, 7) is 0.0909. The van der Waals surface area contributed by atoms with Gasteiger partial charge >= 0.3 is 5.97 Å². The Hall–Kier alpha value is -3.04. The van der Waals surface area contributed by atoms with Crippen LogP contribution < -0.4 is 14.4 Å². The Kier molecular flexibility index (Phi) is 5.26. The number of hydrogen-bond donors (Lipinski definition) is 0. The van der Waals surface area contributed by atoms with Crippen molar-refractivity contribution in [2.45, 2.75) is 31.2 Å². The lowest BCUT2D eigenvalue weighted by Crippen LogP contribution is -2.33. The van der Waals surface area contributed by atoms with Crippen molar-refractivity contribution in [2.24, 2.45) is 0 Å².